The summed E-state index contributed by atoms with van der Waals surface area (Å²) in [6, 6.07) is -0.207. The van der Waals surface area contributed by atoms with Crippen LogP contribution in [0.15, 0.2) is 0 Å². The van der Waals surface area contributed by atoms with Gasteiger partial charge in [-0.3, -0.25) is 14.5 Å². The van der Waals surface area contributed by atoms with Crippen molar-refractivity contribution in [3.05, 3.63) is 0 Å². The van der Waals surface area contributed by atoms with Crippen molar-refractivity contribution in [1.29, 1.82) is 0 Å². The molecule has 2 N–H and O–H groups in total. The average Bonchev–Trinajstić information content (AvgIpc) is 2.76. The molecule has 2 rings (SSSR count). The van der Waals surface area contributed by atoms with E-state index in [9.17, 15) is 14.7 Å². The lowest BCUT2D eigenvalue weighted by Gasteiger charge is -2.28. The molecule has 1 unspecified atom stereocenters. The molecule has 2 aliphatic heterocycles. The molecule has 0 aromatic carbocycles. The van der Waals surface area contributed by atoms with E-state index >= 15 is 0 Å². The van der Waals surface area contributed by atoms with Crippen LogP contribution in [0, 0.1) is 0 Å². The van der Waals surface area contributed by atoms with E-state index in [0.29, 0.717) is 19.5 Å². The summed E-state index contributed by atoms with van der Waals surface area (Å²) in [7, 11) is 0. The van der Waals surface area contributed by atoms with Crippen molar-refractivity contribution in [1.82, 2.24) is 15.1 Å². The second kappa shape index (κ2) is 6.72. The number of hydrogen-bond donors (Lipinski definition) is 2. The Bertz CT molecular complexity index is 388. The standard InChI is InChI=1S/C14H25N3O4/c1-14(2,20)13(19)15-11-9-12(18)17(10-11)4-3-16-5-7-21-8-6-16/h11,20H,3-10H2,1-2H3,(H,15,19). The second-order valence-electron chi connectivity index (χ2n) is 6.23. The molecule has 2 heterocycles. The van der Waals surface area contributed by atoms with Gasteiger partial charge in [0, 0.05) is 39.1 Å². The van der Waals surface area contributed by atoms with Gasteiger partial charge in [-0.05, 0) is 13.8 Å². The van der Waals surface area contributed by atoms with Crippen molar-refractivity contribution >= 4 is 11.8 Å². The van der Waals surface area contributed by atoms with Gasteiger partial charge < -0.3 is 20.1 Å². The monoisotopic (exact) mass is 299 g/mol. The summed E-state index contributed by atoms with van der Waals surface area (Å²) in [6.45, 7) is 8.21. The zero-order chi connectivity index (χ0) is 15.5. The molecule has 2 aliphatic rings. The number of carbonyl (C=O) groups excluding carboxylic acids is 2. The minimum absolute atomic E-state index is 0.0595. The number of ether oxygens (including phenoxy) is 1. The van der Waals surface area contributed by atoms with Crippen LogP contribution < -0.4 is 5.32 Å². The topological polar surface area (TPSA) is 82.1 Å². The van der Waals surface area contributed by atoms with Crippen LogP contribution in [0.25, 0.3) is 0 Å². The molecule has 0 spiro atoms. The molecule has 21 heavy (non-hydrogen) atoms. The van der Waals surface area contributed by atoms with E-state index in [1.807, 2.05) is 0 Å². The summed E-state index contributed by atoms with van der Waals surface area (Å²) in [4.78, 5) is 27.7. The first kappa shape index (κ1) is 16.2. The summed E-state index contributed by atoms with van der Waals surface area (Å²) in [5.74, 6) is -0.375. The van der Waals surface area contributed by atoms with Crippen molar-refractivity contribution in [2.45, 2.75) is 31.9 Å². The molecule has 0 aromatic rings. The first-order valence-corrected chi connectivity index (χ1v) is 7.47. The highest BCUT2D eigenvalue weighted by Crippen LogP contribution is 2.13. The summed E-state index contributed by atoms with van der Waals surface area (Å²) >= 11 is 0. The fraction of sp³-hybridized carbons (Fsp3) is 0.857. The lowest BCUT2D eigenvalue weighted by Crippen LogP contribution is -2.48. The number of carbonyl (C=O) groups is 2. The Kier molecular flexibility index (Phi) is 5.18. The Balaban J connectivity index is 1.75. The number of morpholine rings is 1. The van der Waals surface area contributed by atoms with Crippen molar-refractivity contribution < 1.29 is 19.4 Å². The van der Waals surface area contributed by atoms with Crippen LogP contribution in [0.5, 0.6) is 0 Å². The van der Waals surface area contributed by atoms with Crippen LogP contribution in [0.2, 0.25) is 0 Å². The van der Waals surface area contributed by atoms with Gasteiger partial charge in [-0.1, -0.05) is 0 Å². The minimum Gasteiger partial charge on any atom is -0.381 e. The van der Waals surface area contributed by atoms with E-state index in [1.165, 1.54) is 13.8 Å². The van der Waals surface area contributed by atoms with E-state index in [-0.39, 0.29) is 11.9 Å². The Morgan fingerprint density at radius 1 is 1.38 bits per heavy atom. The Morgan fingerprint density at radius 2 is 2.05 bits per heavy atom. The molecular formula is C14H25N3O4. The van der Waals surface area contributed by atoms with E-state index in [2.05, 4.69) is 10.2 Å². The average molecular weight is 299 g/mol. The summed E-state index contributed by atoms with van der Waals surface area (Å²) < 4.78 is 5.29. The number of hydrogen-bond acceptors (Lipinski definition) is 5. The van der Waals surface area contributed by atoms with Crippen LogP contribution in [0.3, 0.4) is 0 Å². The van der Waals surface area contributed by atoms with Gasteiger partial charge in [0.25, 0.3) is 5.91 Å². The van der Waals surface area contributed by atoms with Gasteiger partial charge in [0.15, 0.2) is 0 Å². The first-order valence-electron chi connectivity index (χ1n) is 7.47. The largest absolute Gasteiger partial charge is 0.381 e. The zero-order valence-corrected chi connectivity index (χ0v) is 12.8. The molecule has 1 atom stereocenters. The Morgan fingerprint density at radius 3 is 2.67 bits per heavy atom. The van der Waals surface area contributed by atoms with Crippen molar-refractivity contribution in [3.63, 3.8) is 0 Å². The molecule has 0 radical (unpaired) electrons. The molecule has 7 nitrogen and oxygen atoms in total. The van der Waals surface area contributed by atoms with E-state index < -0.39 is 11.5 Å². The quantitative estimate of drug-likeness (QED) is 0.667. The van der Waals surface area contributed by atoms with Crippen molar-refractivity contribution in [2.24, 2.45) is 0 Å². The second-order valence-corrected chi connectivity index (χ2v) is 6.23. The number of rotatable bonds is 5. The van der Waals surface area contributed by atoms with Gasteiger partial charge in [-0.25, -0.2) is 0 Å². The molecule has 0 aliphatic carbocycles. The van der Waals surface area contributed by atoms with E-state index in [0.717, 1.165) is 32.8 Å². The predicted molar refractivity (Wildman–Crippen MR) is 76.7 cm³/mol. The summed E-state index contributed by atoms with van der Waals surface area (Å²) in [6.07, 6.45) is 0.310. The lowest BCUT2D eigenvalue weighted by atomic mass is 10.1. The molecule has 2 saturated heterocycles. The predicted octanol–water partition coefficient (Wildman–Crippen LogP) is -1.19. The molecule has 2 fully saturated rings. The molecular weight excluding hydrogens is 274 g/mol. The van der Waals surface area contributed by atoms with Crippen LogP contribution in [-0.2, 0) is 14.3 Å². The fourth-order valence-corrected chi connectivity index (χ4v) is 2.53. The molecule has 120 valence electrons. The maximum Gasteiger partial charge on any atom is 0.251 e. The van der Waals surface area contributed by atoms with Crippen molar-refractivity contribution in [3.8, 4) is 0 Å². The summed E-state index contributed by atoms with van der Waals surface area (Å²) in [5, 5.41) is 12.4. The molecule has 2 amide bonds. The highest BCUT2D eigenvalue weighted by Gasteiger charge is 2.33. The van der Waals surface area contributed by atoms with Crippen molar-refractivity contribution in [2.75, 3.05) is 45.9 Å². The third-order valence-electron chi connectivity index (χ3n) is 3.90. The van der Waals surface area contributed by atoms with Gasteiger partial charge in [-0.15, -0.1) is 0 Å². The molecule has 0 bridgehead atoms. The Hall–Kier alpha value is -1.18. The number of nitrogens with zero attached hydrogens (tertiary/aromatic N) is 2. The molecule has 0 saturated carbocycles. The fourth-order valence-electron chi connectivity index (χ4n) is 2.53. The van der Waals surface area contributed by atoms with Gasteiger partial charge in [0.05, 0.1) is 19.3 Å². The number of aliphatic hydroxyl groups is 1. The summed E-state index contributed by atoms with van der Waals surface area (Å²) in [5.41, 5.74) is -1.41. The van der Waals surface area contributed by atoms with Crippen LogP contribution in [0.1, 0.15) is 20.3 Å². The Labute approximate surface area is 125 Å². The van der Waals surface area contributed by atoms with Crippen LogP contribution in [-0.4, -0.2) is 84.3 Å². The van der Waals surface area contributed by atoms with Gasteiger partial charge in [-0.2, -0.15) is 0 Å². The lowest BCUT2D eigenvalue weighted by molar-refractivity contribution is -0.137. The molecule has 7 heteroatoms. The van der Waals surface area contributed by atoms with Crippen LogP contribution in [0.4, 0.5) is 0 Å². The van der Waals surface area contributed by atoms with E-state index in [1.54, 1.807) is 4.90 Å². The minimum atomic E-state index is -1.41. The third kappa shape index (κ3) is 4.66. The highest BCUT2D eigenvalue weighted by atomic mass is 16.5. The number of nitrogens with one attached hydrogen (secondary N) is 1. The smallest absolute Gasteiger partial charge is 0.251 e. The number of likely N-dealkylation sites (tertiary alicyclic amines) is 1. The van der Waals surface area contributed by atoms with Crippen LogP contribution >= 0.6 is 0 Å². The molecule has 0 aromatic heterocycles. The maximum atomic E-state index is 12.0. The zero-order valence-electron chi connectivity index (χ0n) is 12.8. The SMILES string of the molecule is CC(C)(O)C(=O)NC1CC(=O)N(CCN2CCOCC2)C1. The van der Waals surface area contributed by atoms with Gasteiger partial charge >= 0.3 is 0 Å². The first-order chi connectivity index (χ1) is 9.86. The number of amides is 2. The normalized spacial score (nSPS) is 24.4. The maximum absolute atomic E-state index is 12.0. The van der Waals surface area contributed by atoms with Gasteiger partial charge in [0.1, 0.15) is 5.60 Å². The van der Waals surface area contributed by atoms with Gasteiger partial charge in [0.2, 0.25) is 5.91 Å². The third-order valence-corrected chi connectivity index (χ3v) is 3.90. The van der Waals surface area contributed by atoms with E-state index in [4.69, 9.17) is 4.74 Å². The highest BCUT2D eigenvalue weighted by molar-refractivity contribution is 5.86.